The van der Waals surface area contributed by atoms with E-state index in [-0.39, 0.29) is 12.3 Å². The number of nitrogens with one attached hydrogen (secondary N) is 3. The molecule has 3 aromatic rings. The summed E-state index contributed by atoms with van der Waals surface area (Å²) in [4.78, 5) is 40.9. The molecule has 2 aliphatic rings. The van der Waals surface area contributed by atoms with Crippen molar-refractivity contribution in [1.82, 2.24) is 20.3 Å². The highest BCUT2D eigenvalue weighted by molar-refractivity contribution is 6.35. The van der Waals surface area contributed by atoms with Gasteiger partial charge in [-0.3, -0.25) is 9.59 Å². The molecule has 4 N–H and O–H groups in total. The molecule has 4 heterocycles. The molecule has 1 amide bonds. The molecule has 13 heteroatoms. The van der Waals surface area contributed by atoms with Crippen LogP contribution in [0.25, 0.3) is 11.3 Å². The molecule has 234 valence electrons. The van der Waals surface area contributed by atoms with Gasteiger partial charge in [-0.2, -0.15) is 0 Å². The highest BCUT2D eigenvalue weighted by atomic mass is 35.5. The summed E-state index contributed by atoms with van der Waals surface area (Å²) in [6.45, 7) is 8.98. The lowest BCUT2D eigenvalue weighted by Gasteiger charge is -2.31. The van der Waals surface area contributed by atoms with Gasteiger partial charge in [0.15, 0.2) is 5.75 Å². The number of anilines is 1. The monoisotopic (exact) mass is 643 g/mol. The molecule has 2 aromatic heterocycles. The number of piperazine rings is 1. The summed E-state index contributed by atoms with van der Waals surface area (Å²) in [5, 5.41) is 13.0. The van der Waals surface area contributed by atoms with Gasteiger partial charge in [-0.05, 0) is 30.2 Å². The Morgan fingerprint density at radius 3 is 2.32 bits per heavy atom. The maximum Gasteiger partial charge on any atom is 0.309 e. The number of carboxylic acids is 1. The van der Waals surface area contributed by atoms with Crippen molar-refractivity contribution in [3.8, 4) is 22.9 Å². The number of halogens is 2. The number of ether oxygens (including phenoxy) is 1. The molecular formula is C31H39Cl2N7O4+2. The number of hydrogen-bond donors (Lipinski definition) is 4. The minimum absolute atomic E-state index is 0.0199. The van der Waals surface area contributed by atoms with Crippen LogP contribution < -0.4 is 24.8 Å². The second kappa shape index (κ2) is 15.0. The minimum atomic E-state index is -0.761. The number of aromatic nitrogens is 3. The van der Waals surface area contributed by atoms with Crippen molar-refractivity contribution in [2.24, 2.45) is 5.92 Å². The van der Waals surface area contributed by atoms with Crippen LogP contribution in [0.1, 0.15) is 31.7 Å². The Kier molecular flexibility index (Phi) is 10.9. The largest absolute Gasteiger partial charge is 0.481 e. The van der Waals surface area contributed by atoms with Gasteiger partial charge < -0.3 is 29.9 Å². The van der Waals surface area contributed by atoms with Gasteiger partial charge in [-0.25, -0.2) is 15.0 Å². The summed E-state index contributed by atoms with van der Waals surface area (Å²) in [6.07, 6.45) is 5.61. The third kappa shape index (κ3) is 9.25. The number of pyridine rings is 1. The Morgan fingerprint density at radius 2 is 1.68 bits per heavy atom. The van der Waals surface area contributed by atoms with Gasteiger partial charge in [0, 0.05) is 53.5 Å². The van der Waals surface area contributed by atoms with E-state index in [4.69, 9.17) is 38.0 Å². The molecule has 0 unspecified atom stereocenters. The summed E-state index contributed by atoms with van der Waals surface area (Å²) in [6, 6.07) is 9.39. The van der Waals surface area contributed by atoms with Crippen LogP contribution in [-0.2, 0) is 16.1 Å². The fourth-order valence-electron chi connectivity index (χ4n) is 5.81. The average Bonchev–Trinajstić information content (AvgIpc) is 3.00. The predicted molar refractivity (Wildman–Crippen MR) is 168 cm³/mol. The van der Waals surface area contributed by atoms with Crippen molar-refractivity contribution in [3.63, 3.8) is 0 Å². The number of nitrogens with zero attached hydrogens (tertiary/aromatic N) is 4. The molecule has 0 spiro atoms. The highest BCUT2D eigenvalue weighted by Gasteiger charge is 2.24. The third-order valence-electron chi connectivity index (χ3n) is 8.21. The Morgan fingerprint density at radius 1 is 1.00 bits per heavy atom. The van der Waals surface area contributed by atoms with E-state index in [1.807, 2.05) is 18.2 Å². The number of rotatable bonds is 11. The van der Waals surface area contributed by atoms with E-state index in [0.717, 1.165) is 76.3 Å². The van der Waals surface area contributed by atoms with Crippen molar-refractivity contribution in [2.45, 2.75) is 32.7 Å². The van der Waals surface area contributed by atoms with Crippen molar-refractivity contribution >= 4 is 41.0 Å². The van der Waals surface area contributed by atoms with Crippen LogP contribution in [-0.4, -0.2) is 84.3 Å². The van der Waals surface area contributed by atoms with Gasteiger partial charge in [-0.15, -0.1) is 0 Å². The number of quaternary nitrogens is 2. The predicted octanol–water partition coefficient (Wildman–Crippen LogP) is 1.75. The van der Waals surface area contributed by atoms with Crippen LogP contribution in [0.5, 0.6) is 11.6 Å². The fourth-order valence-corrected chi connectivity index (χ4v) is 6.34. The number of aliphatic carboxylic acids is 1. The van der Waals surface area contributed by atoms with Crippen LogP contribution in [0.2, 0.25) is 10.0 Å². The third-order valence-corrected chi connectivity index (χ3v) is 8.65. The molecule has 5 rings (SSSR count). The first-order chi connectivity index (χ1) is 21.2. The van der Waals surface area contributed by atoms with E-state index in [2.05, 4.69) is 26.3 Å². The molecule has 0 atom stereocenters. The van der Waals surface area contributed by atoms with Crippen molar-refractivity contribution in [3.05, 3.63) is 58.3 Å². The number of carboxylic acid groups (broad SMARTS) is 1. The number of carbonyl (C=O) groups excluding carboxylic acids is 1. The standard InChI is InChI=1S/C31H37Cl2N7O4/c1-21(41)34-17-22-2-5-39(6-3-22)20-23-12-28(24-14-25(32)16-26(33)15-24)37-29(13-23)44-27-18-35-31(36-19-27)40-10-8-38(9-11-40)7-4-30(42)43/h12-16,18-19,22H,2-11,17,20H2,1H3,(H,34,41)(H,42,43)/p+2. The van der Waals surface area contributed by atoms with E-state index < -0.39 is 5.97 Å². The molecule has 0 radical (unpaired) electrons. The van der Waals surface area contributed by atoms with Crippen molar-refractivity contribution in [2.75, 3.05) is 57.3 Å². The molecular weight excluding hydrogens is 605 g/mol. The zero-order chi connectivity index (χ0) is 31.1. The molecule has 0 bridgehead atoms. The summed E-state index contributed by atoms with van der Waals surface area (Å²) in [5.41, 5.74) is 2.59. The summed E-state index contributed by atoms with van der Waals surface area (Å²) < 4.78 is 6.19. The average molecular weight is 645 g/mol. The first-order valence-corrected chi connectivity index (χ1v) is 15.8. The number of carbonyl (C=O) groups is 2. The Hall–Kier alpha value is -3.51. The van der Waals surface area contributed by atoms with E-state index >= 15 is 0 Å². The second-order valence-corrected chi connectivity index (χ2v) is 12.5. The molecule has 44 heavy (non-hydrogen) atoms. The molecule has 2 saturated heterocycles. The van der Waals surface area contributed by atoms with Gasteiger partial charge >= 0.3 is 5.97 Å². The highest BCUT2D eigenvalue weighted by Crippen LogP contribution is 2.30. The molecule has 11 nitrogen and oxygen atoms in total. The molecule has 0 aliphatic carbocycles. The van der Waals surface area contributed by atoms with Crippen molar-refractivity contribution < 1.29 is 29.2 Å². The molecule has 0 saturated carbocycles. The fraction of sp³-hybridized carbons (Fsp3) is 0.452. The molecule has 2 fully saturated rings. The number of amides is 1. The Balaban J connectivity index is 1.27. The topological polar surface area (TPSA) is 126 Å². The lowest BCUT2D eigenvalue weighted by Crippen LogP contribution is -3.15. The first kappa shape index (κ1) is 31.9. The van der Waals surface area contributed by atoms with Crippen LogP contribution in [0.3, 0.4) is 0 Å². The maximum absolute atomic E-state index is 11.3. The van der Waals surface area contributed by atoms with Crippen LogP contribution in [0.15, 0.2) is 42.7 Å². The maximum atomic E-state index is 11.3. The van der Waals surface area contributed by atoms with Gasteiger partial charge in [-0.1, -0.05) is 23.2 Å². The quantitative estimate of drug-likeness (QED) is 0.249. The van der Waals surface area contributed by atoms with Crippen LogP contribution in [0, 0.1) is 5.92 Å². The SMILES string of the molecule is CC(=O)NCC1CC[NH+](Cc2cc(Oc3cnc(N4CC[NH+](CCC(=O)O)CC4)nc3)nc(-c3cc(Cl)cc(Cl)c3)c2)CC1. The minimum Gasteiger partial charge on any atom is -0.481 e. The van der Waals surface area contributed by atoms with E-state index in [1.165, 1.54) is 9.80 Å². The second-order valence-electron chi connectivity index (χ2n) is 11.6. The van der Waals surface area contributed by atoms with Gasteiger partial charge in [0.1, 0.15) is 6.54 Å². The number of benzene rings is 1. The normalized spacial score (nSPS) is 19.0. The van der Waals surface area contributed by atoms with E-state index in [9.17, 15) is 9.59 Å². The molecule has 1 aromatic carbocycles. The Labute approximate surface area is 267 Å². The summed E-state index contributed by atoms with van der Waals surface area (Å²) in [5.74, 6) is 1.30. The van der Waals surface area contributed by atoms with Gasteiger partial charge in [0.05, 0.1) is 70.3 Å². The lowest BCUT2D eigenvalue weighted by atomic mass is 9.96. The van der Waals surface area contributed by atoms with Crippen LogP contribution >= 0.6 is 23.2 Å². The zero-order valence-corrected chi connectivity index (χ0v) is 26.3. The summed E-state index contributed by atoms with van der Waals surface area (Å²) in [7, 11) is 0. The van der Waals surface area contributed by atoms with Crippen molar-refractivity contribution in [1.29, 1.82) is 0 Å². The first-order valence-electron chi connectivity index (χ1n) is 15.1. The molecule has 2 aliphatic heterocycles. The summed E-state index contributed by atoms with van der Waals surface area (Å²) >= 11 is 12.6. The smallest absolute Gasteiger partial charge is 0.309 e. The number of hydrogen-bond acceptors (Lipinski definition) is 7. The number of piperidine rings is 1. The lowest BCUT2D eigenvalue weighted by molar-refractivity contribution is -0.919. The van der Waals surface area contributed by atoms with E-state index in [1.54, 1.807) is 25.4 Å². The zero-order valence-electron chi connectivity index (χ0n) is 24.8. The van der Waals surface area contributed by atoms with Gasteiger partial charge in [0.25, 0.3) is 0 Å². The van der Waals surface area contributed by atoms with Crippen LogP contribution in [0.4, 0.5) is 5.95 Å². The van der Waals surface area contributed by atoms with E-state index in [0.29, 0.717) is 45.8 Å². The Bertz CT molecular complexity index is 1420. The van der Waals surface area contributed by atoms with Gasteiger partial charge in [0.2, 0.25) is 17.7 Å². The number of likely N-dealkylation sites (tertiary alicyclic amines) is 1.